The molecule has 0 aliphatic carbocycles. The summed E-state index contributed by atoms with van der Waals surface area (Å²) in [5.41, 5.74) is 19.1. The topological polar surface area (TPSA) is 14.2 Å². The number of aromatic nitrogens is 1. The minimum absolute atomic E-state index is 0.244. The van der Waals surface area contributed by atoms with Gasteiger partial charge in [0.25, 0.3) is 0 Å². The third-order valence-electron chi connectivity index (χ3n) is 10.9. The van der Waals surface area contributed by atoms with Gasteiger partial charge in [-0.15, -0.1) is 0 Å². The van der Waals surface area contributed by atoms with Gasteiger partial charge in [0.1, 0.15) is 0 Å². The molecule has 5 aliphatic heterocycles. The zero-order valence-electron chi connectivity index (χ0n) is 34.7. The van der Waals surface area contributed by atoms with Gasteiger partial charge in [0.05, 0.1) is 0 Å². The van der Waals surface area contributed by atoms with Gasteiger partial charge < -0.3 is 0 Å². The Balaban J connectivity index is 0.000000606. The molecular formula is C49H56N4XeYb+. The van der Waals surface area contributed by atoms with Crippen LogP contribution >= 0.6 is 0 Å². The van der Waals surface area contributed by atoms with Crippen molar-refractivity contribution in [2.45, 2.75) is 88.9 Å². The third-order valence-corrected chi connectivity index (χ3v) is 14.0. The monoisotopic (exact) mass is 1010 g/mol. The molecule has 2 bridgehead atoms. The summed E-state index contributed by atoms with van der Waals surface area (Å²) in [6.07, 6.45) is 3.96. The van der Waals surface area contributed by atoms with Crippen molar-refractivity contribution in [1.82, 2.24) is 9.47 Å². The second-order valence-corrected chi connectivity index (χ2v) is 16.4. The van der Waals surface area contributed by atoms with Gasteiger partial charge in [-0.05, 0) is 0 Å². The predicted octanol–water partition coefficient (Wildman–Crippen LogP) is 11.5. The van der Waals surface area contributed by atoms with Gasteiger partial charge in [-0.3, -0.25) is 0 Å². The van der Waals surface area contributed by atoms with Crippen molar-refractivity contribution < 1.29 is 66.9 Å². The first kappa shape index (κ1) is 42.3. The second-order valence-electron chi connectivity index (χ2n) is 13.1. The summed E-state index contributed by atoms with van der Waals surface area (Å²) >= 11 is 2.88. The first-order valence-corrected chi connectivity index (χ1v) is 25.7. The molecule has 0 spiro atoms. The van der Waals surface area contributed by atoms with E-state index in [0.29, 0.717) is 0 Å². The molecule has 4 aromatic carbocycles. The number of benzene rings is 4. The van der Waals surface area contributed by atoms with Crippen molar-refractivity contribution in [1.29, 1.82) is 0 Å². The summed E-state index contributed by atoms with van der Waals surface area (Å²) in [6.45, 7) is 25.4. The molecule has 0 unspecified atom stereocenters. The Morgan fingerprint density at radius 1 is 0.582 bits per heavy atom. The number of fused-ring (bicyclic) bond motifs is 15. The molecule has 0 saturated carbocycles. The van der Waals surface area contributed by atoms with Crippen LogP contribution in [-0.4, -0.2) is 38.0 Å². The van der Waals surface area contributed by atoms with Crippen LogP contribution in [0.4, 0.5) is 0 Å². The van der Waals surface area contributed by atoms with Crippen LogP contribution in [0.1, 0.15) is 128 Å². The first-order valence-electron chi connectivity index (χ1n) is 20.0. The molecule has 6 heteroatoms. The minimum atomic E-state index is -0.683. The Morgan fingerprint density at radius 2 is 1.05 bits per heavy atom. The van der Waals surface area contributed by atoms with Gasteiger partial charge in [0, 0.05) is 0 Å². The van der Waals surface area contributed by atoms with Crippen molar-refractivity contribution >= 4 is 51.3 Å². The van der Waals surface area contributed by atoms with E-state index in [-0.39, 0.29) is 26.3 Å². The average Bonchev–Trinajstić information content (AvgIpc) is 3.99. The first-order chi connectivity index (χ1) is 26.9. The number of rotatable bonds is 0. The predicted molar refractivity (Wildman–Crippen MR) is 230 cm³/mol. The summed E-state index contributed by atoms with van der Waals surface area (Å²) in [5.74, 6) is -0.683. The molecule has 0 fully saturated rings. The second kappa shape index (κ2) is 17.3. The van der Waals surface area contributed by atoms with E-state index >= 15 is 0 Å². The summed E-state index contributed by atoms with van der Waals surface area (Å²) in [4.78, 5) is 2.70. The van der Waals surface area contributed by atoms with Gasteiger partial charge >= 0.3 is 316 Å². The van der Waals surface area contributed by atoms with Gasteiger partial charge in [0.2, 0.25) is 0 Å². The Morgan fingerprint density at radius 3 is 1.64 bits per heavy atom. The molecule has 55 heavy (non-hydrogen) atoms. The molecule has 293 valence electrons. The maximum absolute atomic E-state index is 3.96. The number of hydrogen-bond donors (Lipinski definition) is 0. The van der Waals surface area contributed by atoms with Crippen molar-refractivity contribution in [3.63, 3.8) is 0 Å². The molecule has 10 rings (SSSR count). The van der Waals surface area contributed by atoms with Crippen LogP contribution in [-0.2, 0) is 5.79 Å². The van der Waals surface area contributed by atoms with Crippen LogP contribution in [0.3, 0.4) is 0 Å². The van der Waals surface area contributed by atoms with Crippen LogP contribution in [0.5, 0.6) is 0 Å². The van der Waals surface area contributed by atoms with Gasteiger partial charge in [-0.25, -0.2) is 0 Å². The van der Waals surface area contributed by atoms with Crippen molar-refractivity contribution in [2.24, 2.45) is 0 Å². The van der Waals surface area contributed by atoms with Crippen LogP contribution in [0, 0.1) is 57.7 Å². The van der Waals surface area contributed by atoms with E-state index in [9.17, 15) is 0 Å². The van der Waals surface area contributed by atoms with Crippen molar-refractivity contribution in [2.75, 3.05) is 7.05 Å². The van der Waals surface area contributed by atoms with Gasteiger partial charge in [-0.2, -0.15) is 0 Å². The van der Waals surface area contributed by atoms with E-state index in [4.69, 9.17) is 0 Å². The molecule has 1 aromatic heterocycles. The molecule has 0 saturated heterocycles. The fourth-order valence-corrected chi connectivity index (χ4v) is 12.4. The van der Waals surface area contributed by atoms with Crippen molar-refractivity contribution in [3.8, 4) is 0 Å². The number of hydrogen-bond acceptors (Lipinski definition) is 1. The van der Waals surface area contributed by atoms with E-state index < -0.39 is 5.79 Å². The molecule has 4 nitrogen and oxygen atoms in total. The van der Waals surface area contributed by atoms with E-state index in [1.54, 1.807) is 0 Å². The Hall–Kier alpha value is -2.26. The number of allylic oxidation sites excluding steroid dienone is 3. The van der Waals surface area contributed by atoms with Crippen LogP contribution in [0.2, 0.25) is 0 Å². The third kappa shape index (κ3) is 6.03. The van der Waals surface area contributed by atoms with Crippen LogP contribution in [0.15, 0.2) is 103 Å². The quantitative estimate of drug-likeness (QED) is 0.111. The summed E-state index contributed by atoms with van der Waals surface area (Å²) < 4.78 is 9.00. The van der Waals surface area contributed by atoms with Gasteiger partial charge in [-0.1, -0.05) is 55.4 Å². The molecule has 0 amide bonds. The van der Waals surface area contributed by atoms with Crippen LogP contribution in [0.25, 0.3) is 39.0 Å². The molecule has 1 atom stereocenters. The molecule has 0 N–H and O–H groups in total. The zero-order valence-corrected chi connectivity index (χ0v) is 38.5. The summed E-state index contributed by atoms with van der Waals surface area (Å²) in [7, 11) is 2.26. The van der Waals surface area contributed by atoms with Crippen molar-refractivity contribution in [3.05, 3.63) is 147 Å². The average molecular weight is 1010 g/mol. The molecule has 6 heterocycles. The fraction of sp³-hybridized carbons (Fsp3) is 0.286. The van der Waals surface area contributed by atoms with Gasteiger partial charge in [0.15, 0.2) is 0 Å². The SMILES string of the molecule is CC.CC.CC.CC.CC1=C2c3ccccc3[C-]=[N+]2[C@]2(C)N3[C](=[Yb][XeH])c4ccccc4/C3=C(C)/C3=[N+](C)/C(=C(/C)c4c5ccccc5c1n42)c1ccccc13. The Bertz CT molecular complexity index is 2540. The normalized spacial score (nSPS) is 21.5. The van der Waals surface area contributed by atoms with E-state index in [1.807, 2.05) is 55.4 Å². The zero-order chi connectivity index (χ0) is 39.9. The fourth-order valence-electron chi connectivity index (χ4n) is 9.06. The molecule has 5 aliphatic rings. The Kier molecular flexibility index (Phi) is 13.3. The standard InChI is InChI=1S/C41H31N4.4C2H6.HXe.Yb/c1-24-35-31-18-10-11-19-32(31)36(42(35)5)25(2)39-33-20-12-13-21-34(33)40-26(3)38-30-17-9-7-15-28(30)23-44(38)41(4,45(39)40)43-22-27-14-6-8-16-29(27)37(24)43;4*1-2;;/h6-21H,1-5H3;4*1-2H3;1H;/q+1;;;;;;/t41-;;;;;;/m0....../s1. The number of nitrogens with zero attached hydrogens (tertiary/aromatic N) is 4. The Labute approximate surface area is 365 Å². The van der Waals surface area contributed by atoms with E-state index in [1.165, 1.54) is 89.9 Å². The van der Waals surface area contributed by atoms with Crippen LogP contribution < -0.4 is 0 Å². The molecular weight excluding hydrogens is 949 g/mol. The molecule has 0 radical (unpaired) electrons. The van der Waals surface area contributed by atoms with E-state index in [0.717, 1.165) is 5.56 Å². The molecule has 5 aromatic rings. The summed E-state index contributed by atoms with van der Waals surface area (Å²) in [6, 6.07) is 35.9. The van der Waals surface area contributed by atoms with E-state index in [2.05, 4.69) is 188 Å². The summed E-state index contributed by atoms with van der Waals surface area (Å²) in [5, 5.41) is 2.58. The maximum atomic E-state index is 3.96.